The number of nitrogens with zero attached hydrogens (tertiary/aromatic N) is 1. The number of carbonyl (C=O) groups excluding carboxylic acids is 1. The normalized spacial score (nSPS) is 10.3. The lowest BCUT2D eigenvalue weighted by Crippen LogP contribution is -2.16. The Morgan fingerprint density at radius 2 is 1.85 bits per heavy atom. The first-order valence-corrected chi connectivity index (χ1v) is 8.03. The molecule has 0 aliphatic heterocycles. The quantitative estimate of drug-likeness (QED) is 0.707. The van der Waals surface area contributed by atoms with Crippen molar-refractivity contribution < 1.29 is 23.0 Å². The second-order valence-corrected chi connectivity index (χ2v) is 5.57. The smallest absolute Gasteiger partial charge is 0.261 e. The average molecular weight is 370 g/mol. The summed E-state index contributed by atoms with van der Waals surface area (Å²) in [6.07, 6.45) is 3.32. The van der Waals surface area contributed by atoms with Gasteiger partial charge in [-0.1, -0.05) is 12.1 Å². The number of amides is 1. The van der Waals surface area contributed by atoms with E-state index in [0.717, 1.165) is 17.7 Å². The molecule has 0 saturated carbocycles. The molecule has 3 aromatic rings. The Bertz CT molecular complexity index is 929. The monoisotopic (exact) mass is 370 g/mol. The number of nitrogens with one attached hydrogen (secondary N) is 1. The van der Waals surface area contributed by atoms with Crippen LogP contribution in [0.1, 0.15) is 15.9 Å². The number of hydrogen-bond acceptors (Lipinski definition) is 4. The molecule has 27 heavy (non-hydrogen) atoms. The maximum Gasteiger partial charge on any atom is 0.261 e. The number of anilines is 1. The lowest BCUT2D eigenvalue weighted by Gasteiger charge is -2.13. The van der Waals surface area contributed by atoms with Gasteiger partial charge >= 0.3 is 0 Å². The van der Waals surface area contributed by atoms with E-state index in [1.807, 2.05) is 6.07 Å². The molecule has 0 aliphatic rings. The van der Waals surface area contributed by atoms with E-state index >= 15 is 0 Å². The summed E-state index contributed by atoms with van der Waals surface area (Å²) in [7, 11) is 1.49. The van der Waals surface area contributed by atoms with E-state index < -0.39 is 23.1 Å². The predicted molar refractivity (Wildman–Crippen MR) is 95.9 cm³/mol. The van der Waals surface area contributed by atoms with E-state index in [0.29, 0.717) is 17.2 Å². The van der Waals surface area contributed by atoms with Crippen LogP contribution in [-0.4, -0.2) is 18.0 Å². The summed E-state index contributed by atoms with van der Waals surface area (Å²) >= 11 is 0. The Morgan fingerprint density at radius 3 is 2.52 bits per heavy atom. The minimum atomic E-state index is -0.936. The third kappa shape index (κ3) is 4.38. The molecule has 1 heterocycles. The van der Waals surface area contributed by atoms with E-state index in [-0.39, 0.29) is 6.61 Å². The number of rotatable bonds is 6. The van der Waals surface area contributed by atoms with Crippen LogP contribution in [0.2, 0.25) is 0 Å². The van der Waals surface area contributed by atoms with Gasteiger partial charge in [0.1, 0.15) is 23.8 Å². The molecular weight excluding hydrogens is 354 g/mol. The largest absolute Gasteiger partial charge is 0.493 e. The number of aromatic nitrogens is 1. The Balaban J connectivity index is 1.79. The highest BCUT2D eigenvalue weighted by Gasteiger charge is 2.18. The highest BCUT2D eigenvalue weighted by molar-refractivity contribution is 6.04. The third-order valence-electron chi connectivity index (χ3n) is 3.73. The zero-order valence-corrected chi connectivity index (χ0v) is 14.4. The van der Waals surface area contributed by atoms with Crippen molar-refractivity contribution in [3.8, 4) is 11.5 Å². The molecule has 1 N–H and O–H groups in total. The number of hydrogen-bond donors (Lipinski definition) is 1. The molecule has 0 fully saturated rings. The van der Waals surface area contributed by atoms with Crippen molar-refractivity contribution in [2.45, 2.75) is 6.61 Å². The van der Waals surface area contributed by atoms with Gasteiger partial charge in [0.15, 0.2) is 11.5 Å². The van der Waals surface area contributed by atoms with Crippen molar-refractivity contribution in [1.29, 1.82) is 0 Å². The molecule has 0 spiro atoms. The number of carbonyl (C=O) groups is 1. The number of ether oxygens (including phenoxy) is 2. The second kappa shape index (κ2) is 8.27. The third-order valence-corrected chi connectivity index (χ3v) is 3.73. The van der Waals surface area contributed by atoms with Crippen LogP contribution in [0.5, 0.6) is 11.5 Å². The van der Waals surface area contributed by atoms with Crippen LogP contribution < -0.4 is 14.8 Å². The van der Waals surface area contributed by atoms with Gasteiger partial charge in [0, 0.05) is 29.7 Å². The topological polar surface area (TPSA) is 60.5 Å². The van der Waals surface area contributed by atoms with E-state index in [2.05, 4.69) is 10.3 Å². The van der Waals surface area contributed by atoms with Gasteiger partial charge in [-0.2, -0.15) is 0 Å². The van der Waals surface area contributed by atoms with Crippen LogP contribution in [0.4, 0.5) is 14.5 Å². The lowest BCUT2D eigenvalue weighted by atomic mass is 10.1. The maximum absolute atomic E-state index is 13.8. The summed E-state index contributed by atoms with van der Waals surface area (Å²) < 4.78 is 38.5. The molecule has 3 rings (SSSR count). The fourth-order valence-electron chi connectivity index (χ4n) is 2.42. The minimum absolute atomic E-state index is 0.240. The first-order valence-electron chi connectivity index (χ1n) is 8.03. The van der Waals surface area contributed by atoms with Gasteiger partial charge in [0.2, 0.25) is 0 Å². The van der Waals surface area contributed by atoms with Gasteiger partial charge < -0.3 is 14.8 Å². The van der Waals surface area contributed by atoms with E-state index in [1.54, 1.807) is 30.6 Å². The molecule has 7 heteroatoms. The number of halogens is 2. The zero-order valence-electron chi connectivity index (χ0n) is 14.4. The predicted octanol–water partition coefficient (Wildman–Crippen LogP) is 4.20. The van der Waals surface area contributed by atoms with Crippen molar-refractivity contribution in [1.82, 2.24) is 4.98 Å². The lowest BCUT2D eigenvalue weighted by molar-refractivity contribution is 0.101. The van der Waals surface area contributed by atoms with Crippen molar-refractivity contribution in [2.24, 2.45) is 0 Å². The first-order chi connectivity index (χ1) is 13.1. The Hall–Kier alpha value is -3.48. The van der Waals surface area contributed by atoms with E-state index in [4.69, 9.17) is 9.47 Å². The van der Waals surface area contributed by atoms with Crippen molar-refractivity contribution in [2.75, 3.05) is 12.4 Å². The summed E-state index contributed by atoms with van der Waals surface area (Å²) in [5.74, 6) is -1.95. The summed E-state index contributed by atoms with van der Waals surface area (Å²) in [6.45, 7) is 0.240. The molecular formula is C20H16F2N2O3. The van der Waals surface area contributed by atoms with Gasteiger partial charge in [0.25, 0.3) is 5.91 Å². The molecule has 2 aromatic carbocycles. The number of pyridine rings is 1. The van der Waals surface area contributed by atoms with Crippen LogP contribution in [-0.2, 0) is 6.61 Å². The molecule has 138 valence electrons. The standard InChI is InChI=1S/C20H16F2N2O3/c1-26-17-8-7-14(10-18(17)27-12-13-4-3-9-23-11-13)24-20(25)19-15(21)5-2-6-16(19)22/h2-11H,12H2,1H3,(H,24,25). The summed E-state index contributed by atoms with van der Waals surface area (Å²) in [6, 6.07) is 11.5. The maximum atomic E-state index is 13.8. The first kappa shape index (κ1) is 18.3. The van der Waals surface area contributed by atoms with Gasteiger partial charge in [-0.25, -0.2) is 8.78 Å². The van der Waals surface area contributed by atoms with Crippen molar-refractivity contribution in [3.63, 3.8) is 0 Å². The summed E-state index contributed by atoms with van der Waals surface area (Å²) in [5.41, 5.74) is 0.512. The fourth-order valence-corrected chi connectivity index (χ4v) is 2.42. The highest BCUT2D eigenvalue weighted by atomic mass is 19.1. The molecule has 0 atom stereocenters. The number of methoxy groups -OCH3 is 1. The average Bonchev–Trinajstić information content (AvgIpc) is 2.67. The van der Waals surface area contributed by atoms with Crippen LogP contribution in [0.15, 0.2) is 60.9 Å². The summed E-state index contributed by atoms with van der Waals surface area (Å²) in [5, 5.41) is 2.46. The van der Waals surface area contributed by atoms with Crippen molar-refractivity contribution >= 4 is 11.6 Å². The van der Waals surface area contributed by atoms with Crippen molar-refractivity contribution in [3.05, 3.63) is 83.7 Å². The molecule has 5 nitrogen and oxygen atoms in total. The highest BCUT2D eigenvalue weighted by Crippen LogP contribution is 2.31. The van der Waals surface area contributed by atoms with Crippen LogP contribution in [0.25, 0.3) is 0 Å². The zero-order chi connectivity index (χ0) is 19.2. The molecule has 0 aliphatic carbocycles. The van der Waals surface area contributed by atoms with E-state index in [9.17, 15) is 13.6 Å². The van der Waals surface area contributed by atoms with E-state index in [1.165, 1.54) is 19.2 Å². The van der Waals surface area contributed by atoms with Crippen LogP contribution in [0.3, 0.4) is 0 Å². The molecule has 0 saturated heterocycles. The molecule has 1 amide bonds. The van der Waals surface area contributed by atoms with Gasteiger partial charge in [-0.15, -0.1) is 0 Å². The second-order valence-electron chi connectivity index (χ2n) is 5.57. The Kier molecular flexibility index (Phi) is 5.61. The molecule has 1 aromatic heterocycles. The van der Waals surface area contributed by atoms with Gasteiger partial charge in [-0.3, -0.25) is 9.78 Å². The number of benzene rings is 2. The molecule has 0 unspecified atom stereocenters. The Labute approximate surface area is 154 Å². The van der Waals surface area contributed by atoms with Gasteiger partial charge in [-0.05, 0) is 30.3 Å². The SMILES string of the molecule is COc1ccc(NC(=O)c2c(F)cccc2F)cc1OCc1cccnc1. The van der Waals surface area contributed by atoms with Crippen LogP contribution in [0, 0.1) is 11.6 Å². The molecule has 0 radical (unpaired) electrons. The summed E-state index contributed by atoms with van der Waals surface area (Å²) in [4.78, 5) is 16.2. The minimum Gasteiger partial charge on any atom is -0.493 e. The fraction of sp³-hybridized carbons (Fsp3) is 0.100. The van der Waals surface area contributed by atoms with Gasteiger partial charge in [0.05, 0.1) is 7.11 Å². The Morgan fingerprint density at radius 1 is 1.07 bits per heavy atom. The van der Waals surface area contributed by atoms with Crippen LogP contribution >= 0.6 is 0 Å². The molecule has 0 bridgehead atoms.